The number of piperazine rings is 1. The number of fused-ring (bicyclic) bond motifs is 2. The third-order valence-electron chi connectivity index (χ3n) is 7.41. The molecule has 188 valence electrons. The van der Waals surface area contributed by atoms with Crippen LogP contribution in [-0.4, -0.2) is 49.2 Å². The molecule has 1 fully saturated rings. The zero-order valence-electron chi connectivity index (χ0n) is 21.0. The van der Waals surface area contributed by atoms with Gasteiger partial charge in [0.2, 0.25) is 0 Å². The zero-order valence-corrected chi connectivity index (χ0v) is 22.6. The average molecular weight is 524 g/mol. The smallest absolute Gasteiger partial charge is 0.255 e. The van der Waals surface area contributed by atoms with Crippen LogP contribution in [0.25, 0.3) is 15.9 Å². The average Bonchev–Trinajstić information content (AvgIpc) is 3.47. The van der Waals surface area contributed by atoms with Crippen molar-refractivity contribution in [1.29, 1.82) is 5.26 Å². The molecule has 0 aliphatic carbocycles. The van der Waals surface area contributed by atoms with Gasteiger partial charge >= 0.3 is 0 Å². The van der Waals surface area contributed by atoms with Crippen LogP contribution in [-0.2, 0) is 13.5 Å². The van der Waals surface area contributed by atoms with Gasteiger partial charge in [-0.3, -0.25) is 19.2 Å². The first kappa shape index (κ1) is 24.8. The topological polar surface area (TPSA) is 82.5 Å². The van der Waals surface area contributed by atoms with E-state index in [0.717, 1.165) is 52.0 Å². The third-order valence-corrected chi connectivity index (χ3v) is 8.63. The van der Waals surface area contributed by atoms with Crippen molar-refractivity contribution in [1.82, 2.24) is 24.1 Å². The Morgan fingerprint density at radius 2 is 1.97 bits per heavy atom. The first-order valence-corrected chi connectivity index (χ1v) is 13.6. The van der Waals surface area contributed by atoms with Gasteiger partial charge in [0.1, 0.15) is 11.5 Å². The molecule has 8 nitrogen and oxygen atoms in total. The zero-order chi connectivity index (χ0) is 25.6. The van der Waals surface area contributed by atoms with E-state index < -0.39 is 0 Å². The molecule has 0 aromatic carbocycles. The lowest BCUT2D eigenvalue weighted by atomic mass is 9.99. The Kier molecular flexibility index (Phi) is 6.77. The van der Waals surface area contributed by atoms with Crippen LogP contribution < -0.4 is 10.5 Å². The molecule has 0 bridgehead atoms. The molecule has 0 radical (unpaired) electrons. The van der Waals surface area contributed by atoms with Crippen LogP contribution >= 0.6 is 22.9 Å². The molecule has 0 amide bonds. The fraction of sp³-hybridized carbons (Fsp3) is 0.462. The summed E-state index contributed by atoms with van der Waals surface area (Å²) in [6, 6.07) is 12.5. The number of hydrogen-bond donors (Lipinski definition) is 0. The van der Waals surface area contributed by atoms with Gasteiger partial charge in [-0.1, -0.05) is 25.4 Å². The van der Waals surface area contributed by atoms with E-state index in [-0.39, 0.29) is 30.1 Å². The summed E-state index contributed by atoms with van der Waals surface area (Å²) in [5.41, 5.74) is 3.28. The highest BCUT2D eigenvalue weighted by atomic mass is 35.5. The normalized spacial score (nSPS) is 19.7. The van der Waals surface area contributed by atoms with Crippen LogP contribution in [0.4, 0.5) is 5.82 Å². The number of pyridine rings is 1. The highest BCUT2D eigenvalue weighted by Crippen LogP contribution is 2.34. The summed E-state index contributed by atoms with van der Waals surface area (Å²) in [6.07, 6.45) is 2.11. The molecule has 0 N–H and O–H groups in total. The quantitative estimate of drug-likeness (QED) is 0.361. The molecule has 1 saturated heterocycles. The second kappa shape index (κ2) is 9.85. The Balaban J connectivity index is 1.50. The molecule has 36 heavy (non-hydrogen) atoms. The Morgan fingerprint density at radius 1 is 1.19 bits per heavy atom. The van der Waals surface area contributed by atoms with Gasteiger partial charge in [-0.15, -0.1) is 11.3 Å². The van der Waals surface area contributed by atoms with E-state index in [1.165, 1.54) is 0 Å². The van der Waals surface area contributed by atoms with E-state index in [2.05, 4.69) is 48.8 Å². The van der Waals surface area contributed by atoms with Gasteiger partial charge in [0, 0.05) is 50.4 Å². The fourth-order valence-corrected chi connectivity index (χ4v) is 6.41. The minimum atomic E-state index is -0.0773. The molecule has 5 heterocycles. The number of nitriles is 1. The summed E-state index contributed by atoms with van der Waals surface area (Å²) < 4.78 is 5.28. The van der Waals surface area contributed by atoms with E-state index >= 15 is 0 Å². The van der Waals surface area contributed by atoms with Gasteiger partial charge in [-0.2, -0.15) is 10.4 Å². The van der Waals surface area contributed by atoms with E-state index in [9.17, 15) is 10.1 Å². The number of aryl methyl sites for hydroxylation is 1. The lowest BCUT2D eigenvalue weighted by Gasteiger charge is -2.49. The van der Waals surface area contributed by atoms with Gasteiger partial charge in [0.25, 0.3) is 5.56 Å². The second-order valence-electron chi connectivity index (χ2n) is 9.46. The number of rotatable bonds is 6. The maximum absolute atomic E-state index is 12.9. The number of hydrogen-bond acceptors (Lipinski definition) is 7. The van der Waals surface area contributed by atoms with Gasteiger partial charge in [0.05, 0.1) is 38.4 Å². The Bertz CT molecular complexity index is 1520. The van der Waals surface area contributed by atoms with Crippen LogP contribution in [0.2, 0.25) is 4.34 Å². The number of aromatic nitrogens is 4. The van der Waals surface area contributed by atoms with Crippen molar-refractivity contribution < 1.29 is 0 Å². The Morgan fingerprint density at radius 3 is 2.69 bits per heavy atom. The fourth-order valence-electron chi connectivity index (χ4n) is 5.33. The third kappa shape index (κ3) is 4.27. The van der Waals surface area contributed by atoms with Crippen molar-refractivity contribution in [3.8, 4) is 6.07 Å². The summed E-state index contributed by atoms with van der Waals surface area (Å²) in [5.74, 6) is 0.794. The van der Waals surface area contributed by atoms with Gasteiger partial charge in [-0.25, -0.2) is 4.52 Å². The standard InChI is InChI=1S/C26H30ClN7OS/c1-5-18-15-33(25-13-26(35)31(4)24-11-17(9-10-28)30-34(24)25)19(6-2)14-32(18)16(3)20-7-8-22-21(29-20)12-23(27)36-22/h7-8,11-13,16,18-19H,5-6,9,14-15H2,1-4H3/t16?,18-,19+/m1/s1. The highest BCUT2D eigenvalue weighted by Gasteiger charge is 2.36. The summed E-state index contributed by atoms with van der Waals surface area (Å²) >= 11 is 7.77. The molecule has 5 rings (SSSR count). The molecule has 0 spiro atoms. The van der Waals surface area contributed by atoms with Crippen molar-refractivity contribution in [2.75, 3.05) is 18.0 Å². The lowest BCUT2D eigenvalue weighted by Crippen LogP contribution is -2.59. The monoisotopic (exact) mass is 523 g/mol. The number of anilines is 1. The first-order chi connectivity index (χ1) is 17.3. The molecule has 0 saturated carbocycles. The van der Waals surface area contributed by atoms with Crippen molar-refractivity contribution in [3.63, 3.8) is 0 Å². The Hall–Kier alpha value is -2.93. The SMILES string of the molecule is CC[C@H]1CN(C(C)c2ccc3sc(Cl)cc3n2)[C@H](CC)CN1c1cc(=O)n(C)c2cc(CC#N)nn12. The summed E-state index contributed by atoms with van der Waals surface area (Å²) in [4.78, 5) is 22.7. The summed E-state index contributed by atoms with van der Waals surface area (Å²) in [7, 11) is 1.75. The van der Waals surface area contributed by atoms with E-state index in [1.54, 1.807) is 29.0 Å². The summed E-state index contributed by atoms with van der Waals surface area (Å²) in [5, 5.41) is 13.9. The predicted molar refractivity (Wildman–Crippen MR) is 145 cm³/mol. The van der Waals surface area contributed by atoms with Gasteiger partial charge in [-0.05, 0) is 38.0 Å². The minimum Gasteiger partial charge on any atom is -0.351 e. The minimum absolute atomic E-state index is 0.0773. The molecule has 4 aromatic heterocycles. The summed E-state index contributed by atoms with van der Waals surface area (Å²) in [6.45, 7) is 8.26. The van der Waals surface area contributed by atoms with Gasteiger partial charge < -0.3 is 4.90 Å². The van der Waals surface area contributed by atoms with Crippen LogP contribution in [0.1, 0.15) is 51.0 Å². The van der Waals surface area contributed by atoms with Crippen LogP contribution in [0.3, 0.4) is 0 Å². The molecule has 1 unspecified atom stereocenters. The molecule has 1 aliphatic rings. The maximum atomic E-state index is 12.9. The van der Waals surface area contributed by atoms with Crippen molar-refractivity contribution in [3.05, 3.63) is 56.4 Å². The predicted octanol–water partition coefficient (Wildman–Crippen LogP) is 4.80. The molecule has 3 atom stereocenters. The van der Waals surface area contributed by atoms with E-state index in [0.29, 0.717) is 11.3 Å². The molecular formula is C26H30ClN7OS. The molecular weight excluding hydrogens is 494 g/mol. The van der Waals surface area contributed by atoms with Crippen LogP contribution in [0, 0.1) is 11.3 Å². The first-order valence-electron chi connectivity index (χ1n) is 12.4. The van der Waals surface area contributed by atoms with Crippen LogP contribution in [0.15, 0.2) is 35.1 Å². The van der Waals surface area contributed by atoms with Crippen LogP contribution in [0.5, 0.6) is 0 Å². The molecule has 1 aliphatic heterocycles. The number of nitrogens with zero attached hydrogens (tertiary/aromatic N) is 7. The maximum Gasteiger partial charge on any atom is 0.255 e. The van der Waals surface area contributed by atoms with E-state index in [4.69, 9.17) is 21.7 Å². The largest absolute Gasteiger partial charge is 0.351 e. The number of thiophene rings is 1. The van der Waals surface area contributed by atoms with Crippen molar-refractivity contribution in [2.45, 2.75) is 58.2 Å². The van der Waals surface area contributed by atoms with Crippen molar-refractivity contribution >= 4 is 44.6 Å². The second-order valence-corrected chi connectivity index (χ2v) is 11.2. The highest BCUT2D eigenvalue weighted by molar-refractivity contribution is 7.22. The van der Waals surface area contributed by atoms with E-state index in [1.807, 2.05) is 16.6 Å². The molecule has 10 heteroatoms. The Labute approximate surface area is 219 Å². The number of halogens is 1. The lowest BCUT2D eigenvalue weighted by molar-refractivity contribution is 0.0986. The van der Waals surface area contributed by atoms with Gasteiger partial charge in [0.15, 0.2) is 0 Å². The van der Waals surface area contributed by atoms with Crippen molar-refractivity contribution in [2.24, 2.45) is 7.05 Å². The molecule has 4 aromatic rings.